The summed E-state index contributed by atoms with van der Waals surface area (Å²) >= 11 is 1.43. The van der Waals surface area contributed by atoms with Crippen molar-refractivity contribution in [1.29, 1.82) is 0 Å². The molecule has 0 radical (unpaired) electrons. The lowest BCUT2D eigenvalue weighted by Gasteiger charge is -2.02. The number of ether oxygens (including phenoxy) is 1. The Labute approximate surface area is 165 Å². The maximum absolute atomic E-state index is 12.4. The smallest absolute Gasteiger partial charge is 0.287 e. The Kier molecular flexibility index (Phi) is 5.11. The van der Waals surface area contributed by atoms with Crippen LogP contribution in [0.25, 0.3) is 22.2 Å². The van der Waals surface area contributed by atoms with Crippen molar-refractivity contribution in [2.45, 2.75) is 6.54 Å². The summed E-state index contributed by atoms with van der Waals surface area (Å²) < 4.78 is 10.8. The van der Waals surface area contributed by atoms with E-state index in [1.807, 2.05) is 29.6 Å². The molecule has 8 heteroatoms. The second kappa shape index (κ2) is 8.01. The van der Waals surface area contributed by atoms with Gasteiger partial charge in [-0.15, -0.1) is 11.3 Å². The molecule has 1 aromatic carbocycles. The van der Waals surface area contributed by atoms with E-state index in [0.717, 1.165) is 17.0 Å². The Morgan fingerprint density at radius 2 is 1.93 bits per heavy atom. The Morgan fingerprint density at radius 1 is 1.14 bits per heavy atom. The summed E-state index contributed by atoms with van der Waals surface area (Å²) in [6.07, 6.45) is 3.34. The van der Waals surface area contributed by atoms with Crippen LogP contribution in [0.5, 0.6) is 5.75 Å². The predicted octanol–water partition coefficient (Wildman–Crippen LogP) is 3.80. The first kappa shape index (κ1) is 17.9. The van der Waals surface area contributed by atoms with Gasteiger partial charge in [-0.3, -0.25) is 4.79 Å². The molecule has 4 aromatic rings. The average molecular weight is 392 g/mol. The number of hydrogen-bond donors (Lipinski definition) is 1. The first-order valence-corrected chi connectivity index (χ1v) is 9.35. The highest BCUT2D eigenvalue weighted by atomic mass is 32.1. The highest BCUT2D eigenvalue weighted by Crippen LogP contribution is 2.24. The van der Waals surface area contributed by atoms with Crippen molar-refractivity contribution in [2.24, 2.45) is 0 Å². The van der Waals surface area contributed by atoms with Crippen LogP contribution in [0.4, 0.5) is 0 Å². The molecular weight excluding hydrogens is 376 g/mol. The molecule has 1 N–H and O–H groups in total. The molecule has 0 saturated heterocycles. The van der Waals surface area contributed by atoms with Crippen LogP contribution in [0.2, 0.25) is 0 Å². The van der Waals surface area contributed by atoms with Gasteiger partial charge < -0.3 is 14.5 Å². The van der Waals surface area contributed by atoms with E-state index in [1.54, 1.807) is 37.7 Å². The number of nitrogens with one attached hydrogen (secondary N) is 1. The standard InChI is InChI=1S/C20H16N4O3S/c1-26-15-5-3-13(4-6-15)16-7-8-17(27-16)19(25)23-11-14-12-28-20(24-14)18-21-9-2-10-22-18/h2-10,12H,11H2,1H3,(H,23,25). The van der Waals surface area contributed by atoms with Crippen molar-refractivity contribution in [1.82, 2.24) is 20.3 Å². The largest absolute Gasteiger partial charge is 0.497 e. The molecule has 0 atom stereocenters. The lowest BCUT2D eigenvalue weighted by Crippen LogP contribution is -2.22. The fourth-order valence-corrected chi connectivity index (χ4v) is 3.29. The minimum atomic E-state index is -0.301. The summed E-state index contributed by atoms with van der Waals surface area (Å²) in [5, 5.41) is 5.40. The molecule has 1 amide bonds. The first-order valence-electron chi connectivity index (χ1n) is 8.47. The van der Waals surface area contributed by atoms with Crippen molar-refractivity contribution in [3.8, 4) is 27.9 Å². The van der Waals surface area contributed by atoms with Gasteiger partial charge in [0.1, 0.15) is 11.5 Å². The third-order valence-electron chi connectivity index (χ3n) is 3.94. The SMILES string of the molecule is COc1ccc(-c2ccc(C(=O)NCc3csc(-c4ncccn4)n3)o2)cc1. The molecule has 0 aliphatic carbocycles. The van der Waals surface area contributed by atoms with Crippen molar-refractivity contribution in [3.63, 3.8) is 0 Å². The average Bonchev–Trinajstić information content (AvgIpc) is 3.43. The fourth-order valence-electron chi connectivity index (χ4n) is 2.53. The maximum Gasteiger partial charge on any atom is 0.287 e. The zero-order chi connectivity index (χ0) is 19.3. The van der Waals surface area contributed by atoms with Crippen LogP contribution in [0, 0.1) is 0 Å². The lowest BCUT2D eigenvalue weighted by molar-refractivity contribution is 0.0923. The summed E-state index contributed by atoms with van der Waals surface area (Å²) in [4.78, 5) is 25.2. The highest BCUT2D eigenvalue weighted by Gasteiger charge is 2.13. The van der Waals surface area contributed by atoms with E-state index in [0.29, 0.717) is 23.1 Å². The van der Waals surface area contributed by atoms with Crippen molar-refractivity contribution >= 4 is 17.2 Å². The van der Waals surface area contributed by atoms with Crippen LogP contribution in [-0.4, -0.2) is 28.0 Å². The van der Waals surface area contributed by atoms with Crippen molar-refractivity contribution < 1.29 is 13.9 Å². The number of furan rings is 1. The van der Waals surface area contributed by atoms with Gasteiger partial charge in [-0.2, -0.15) is 0 Å². The van der Waals surface area contributed by atoms with E-state index in [1.165, 1.54) is 11.3 Å². The van der Waals surface area contributed by atoms with Gasteiger partial charge in [-0.25, -0.2) is 15.0 Å². The van der Waals surface area contributed by atoms with Gasteiger partial charge in [-0.1, -0.05) is 0 Å². The Balaban J connectivity index is 1.39. The van der Waals surface area contributed by atoms with E-state index in [9.17, 15) is 4.79 Å². The van der Waals surface area contributed by atoms with Crippen LogP contribution < -0.4 is 10.1 Å². The summed E-state index contributed by atoms with van der Waals surface area (Å²) in [5.74, 6) is 1.89. The Bertz CT molecular complexity index is 1070. The van der Waals surface area contributed by atoms with Gasteiger partial charge in [0.05, 0.1) is 19.3 Å². The van der Waals surface area contributed by atoms with Crippen LogP contribution in [0.1, 0.15) is 16.2 Å². The number of rotatable bonds is 6. The number of carbonyl (C=O) groups excluding carboxylic acids is 1. The summed E-state index contributed by atoms with van der Waals surface area (Å²) in [6.45, 7) is 0.292. The molecule has 3 aromatic heterocycles. The van der Waals surface area contributed by atoms with Crippen LogP contribution in [0.15, 0.2) is 64.7 Å². The number of methoxy groups -OCH3 is 1. The minimum Gasteiger partial charge on any atom is -0.497 e. The first-order chi connectivity index (χ1) is 13.7. The van der Waals surface area contributed by atoms with E-state index < -0.39 is 0 Å². The molecule has 0 aliphatic heterocycles. The van der Waals surface area contributed by atoms with Crippen LogP contribution in [-0.2, 0) is 6.54 Å². The number of carbonyl (C=O) groups is 1. The molecule has 0 fully saturated rings. The minimum absolute atomic E-state index is 0.243. The van der Waals surface area contributed by atoms with Crippen LogP contribution >= 0.6 is 11.3 Å². The van der Waals surface area contributed by atoms with Gasteiger partial charge in [0.15, 0.2) is 16.6 Å². The third kappa shape index (κ3) is 3.91. The van der Waals surface area contributed by atoms with E-state index >= 15 is 0 Å². The monoisotopic (exact) mass is 392 g/mol. The molecule has 0 spiro atoms. The van der Waals surface area contributed by atoms with Gasteiger partial charge >= 0.3 is 0 Å². The molecule has 3 heterocycles. The third-order valence-corrected chi connectivity index (χ3v) is 4.83. The molecule has 0 bridgehead atoms. The number of nitrogens with zero attached hydrogens (tertiary/aromatic N) is 3. The molecule has 0 saturated carbocycles. The summed E-state index contributed by atoms with van der Waals surface area (Å²) in [5.41, 5.74) is 1.61. The number of aromatic nitrogens is 3. The molecular formula is C20H16N4O3S. The zero-order valence-electron chi connectivity index (χ0n) is 15.0. The second-order valence-corrected chi connectivity index (χ2v) is 6.65. The quantitative estimate of drug-likeness (QED) is 0.537. The van der Waals surface area contributed by atoms with Gasteiger partial charge in [0.25, 0.3) is 5.91 Å². The predicted molar refractivity (Wildman–Crippen MR) is 105 cm³/mol. The van der Waals surface area contributed by atoms with Gasteiger partial charge in [-0.05, 0) is 42.5 Å². The molecule has 28 heavy (non-hydrogen) atoms. The van der Waals surface area contributed by atoms with E-state index in [2.05, 4.69) is 20.3 Å². The van der Waals surface area contributed by atoms with Crippen molar-refractivity contribution in [3.05, 3.63) is 71.7 Å². The van der Waals surface area contributed by atoms with E-state index in [-0.39, 0.29) is 11.7 Å². The zero-order valence-corrected chi connectivity index (χ0v) is 15.8. The van der Waals surface area contributed by atoms with Gasteiger partial charge in [0, 0.05) is 23.3 Å². The molecule has 140 valence electrons. The Morgan fingerprint density at radius 3 is 2.68 bits per heavy atom. The summed E-state index contributed by atoms with van der Waals surface area (Å²) in [6, 6.07) is 12.6. The van der Waals surface area contributed by atoms with Gasteiger partial charge in [0.2, 0.25) is 0 Å². The highest BCUT2D eigenvalue weighted by molar-refractivity contribution is 7.13. The topological polar surface area (TPSA) is 90.1 Å². The van der Waals surface area contributed by atoms with Crippen molar-refractivity contribution in [2.75, 3.05) is 7.11 Å². The normalized spacial score (nSPS) is 10.6. The second-order valence-electron chi connectivity index (χ2n) is 5.79. The number of hydrogen-bond acceptors (Lipinski definition) is 7. The molecule has 4 rings (SSSR count). The summed E-state index contributed by atoms with van der Waals surface area (Å²) in [7, 11) is 1.61. The number of benzene rings is 1. The fraction of sp³-hybridized carbons (Fsp3) is 0.100. The molecule has 7 nitrogen and oxygen atoms in total. The van der Waals surface area contributed by atoms with Crippen LogP contribution in [0.3, 0.4) is 0 Å². The Hall–Kier alpha value is -3.52. The lowest BCUT2D eigenvalue weighted by atomic mass is 10.2. The number of thiazole rings is 1. The number of amides is 1. The molecule has 0 unspecified atom stereocenters. The molecule has 0 aliphatic rings. The maximum atomic E-state index is 12.4. The van der Waals surface area contributed by atoms with E-state index in [4.69, 9.17) is 9.15 Å².